The third-order valence-corrected chi connectivity index (χ3v) is 5.80. The van der Waals surface area contributed by atoms with Gasteiger partial charge < -0.3 is 5.73 Å². The Labute approximate surface area is 137 Å². The molecule has 2 aromatic carbocycles. The average Bonchev–Trinajstić information content (AvgIpc) is 2.56. The smallest absolute Gasteiger partial charge is 0.261 e. The van der Waals surface area contributed by atoms with Gasteiger partial charge in [0.05, 0.1) is 4.90 Å². The second-order valence-corrected chi connectivity index (χ2v) is 7.68. The van der Waals surface area contributed by atoms with Crippen LogP contribution in [0.3, 0.4) is 0 Å². The van der Waals surface area contributed by atoms with Crippen molar-refractivity contribution in [3.05, 3.63) is 59.7 Å². The largest absolute Gasteiger partial charge is 0.330 e. The van der Waals surface area contributed by atoms with E-state index >= 15 is 0 Å². The van der Waals surface area contributed by atoms with E-state index in [9.17, 15) is 8.42 Å². The fraction of sp³-hybridized carbons (Fsp3) is 0.333. The van der Waals surface area contributed by atoms with Gasteiger partial charge in [0.15, 0.2) is 0 Å². The number of benzene rings is 2. The van der Waals surface area contributed by atoms with Gasteiger partial charge in [-0.15, -0.1) is 0 Å². The minimum absolute atomic E-state index is 0.274. The highest BCUT2D eigenvalue weighted by Crippen LogP contribution is 2.35. The van der Waals surface area contributed by atoms with Crippen LogP contribution in [0.5, 0.6) is 0 Å². The van der Waals surface area contributed by atoms with Crippen LogP contribution in [-0.4, -0.2) is 15.0 Å². The molecule has 0 radical (unpaired) electrons. The van der Waals surface area contributed by atoms with Crippen molar-refractivity contribution >= 4 is 15.7 Å². The summed E-state index contributed by atoms with van der Waals surface area (Å²) in [7, 11) is -3.54. The van der Waals surface area contributed by atoms with Crippen LogP contribution in [0.1, 0.15) is 36.3 Å². The molecule has 1 atom stereocenters. The summed E-state index contributed by atoms with van der Waals surface area (Å²) in [6.45, 7) is 0.657. The first kappa shape index (κ1) is 16.0. The quantitative estimate of drug-likeness (QED) is 0.884. The molecule has 1 aliphatic carbocycles. The molecular weight excluding hydrogens is 308 g/mol. The van der Waals surface area contributed by atoms with E-state index in [1.165, 1.54) is 17.5 Å². The lowest BCUT2D eigenvalue weighted by Crippen LogP contribution is -2.16. The molecule has 0 aliphatic heterocycles. The van der Waals surface area contributed by atoms with Crippen LogP contribution >= 0.6 is 0 Å². The summed E-state index contributed by atoms with van der Waals surface area (Å²) in [5.41, 5.74) is 8.90. The van der Waals surface area contributed by atoms with Gasteiger partial charge in [-0.05, 0) is 73.5 Å². The van der Waals surface area contributed by atoms with Gasteiger partial charge in [0.1, 0.15) is 0 Å². The second kappa shape index (κ2) is 6.72. The van der Waals surface area contributed by atoms with Gasteiger partial charge in [-0.1, -0.05) is 24.3 Å². The number of nitrogens with two attached hydrogens (primary N) is 1. The number of sulfonamides is 1. The van der Waals surface area contributed by atoms with Crippen molar-refractivity contribution in [1.29, 1.82) is 0 Å². The van der Waals surface area contributed by atoms with Crippen molar-refractivity contribution < 1.29 is 8.42 Å². The predicted octanol–water partition coefficient (Wildman–Crippen LogP) is 3.26. The molecule has 0 spiro atoms. The molecular formula is C18H22N2O2S. The molecule has 3 rings (SSSR count). The molecule has 0 aromatic heterocycles. The summed E-state index contributed by atoms with van der Waals surface area (Å²) in [5, 5.41) is 0. The van der Waals surface area contributed by atoms with Crippen LogP contribution in [0.4, 0.5) is 5.69 Å². The minimum Gasteiger partial charge on any atom is -0.330 e. The number of nitrogens with one attached hydrogen (secondary N) is 1. The normalized spacial score (nSPS) is 17.5. The van der Waals surface area contributed by atoms with E-state index in [4.69, 9.17) is 5.73 Å². The monoisotopic (exact) mass is 330 g/mol. The maximum atomic E-state index is 12.4. The first-order valence-electron chi connectivity index (χ1n) is 8.01. The Hall–Kier alpha value is -1.85. The number of fused-ring (bicyclic) bond motifs is 1. The van der Waals surface area contributed by atoms with E-state index in [0.29, 0.717) is 18.2 Å². The van der Waals surface area contributed by atoms with Crippen molar-refractivity contribution in [2.75, 3.05) is 11.3 Å². The Kier molecular flexibility index (Phi) is 4.68. The van der Waals surface area contributed by atoms with Gasteiger partial charge in [0.25, 0.3) is 10.0 Å². The third-order valence-electron chi connectivity index (χ3n) is 4.41. The zero-order chi connectivity index (χ0) is 16.3. The number of aryl methyl sites for hydroxylation is 1. The van der Waals surface area contributed by atoms with Gasteiger partial charge in [-0.25, -0.2) is 8.42 Å². The van der Waals surface area contributed by atoms with Crippen molar-refractivity contribution in [2.24, 2.45) is 5.73 Å². The molecule has 0 saturated carbocycles. The Morgan fingerprint density at radius 3 is 2.65 bits per heavy atom. The fourth-order valence-corrected chi connectivity index (χ4v) is 4.35. The Morgan fingerprint density at radius 2 is 1.91 bits per heavy atom. The van der Waals surface area contributed by atoms with Gasteiger partial charge in [0, 0.05) is 5.69 Å². The molecule has 1 aliphatic rings. The lowest BCUT2D eigenvalue weighted by Gasteiger charge is -2.26. The summed E-state index contributed by atoms with van der Waals surface area (Å²) < 4.78 is 27.6. The Bertz CT molecular complexity index is 773. The molecule has 2 aromatic rings. The molecule has 0 fully saturated rings. The standard InChI is InChI=1S/C18H22N2O2S/c19-12-11-15-6-4-5-14-9-10-16(13-18(14)15)20-23(21,22)17-7-2-1-3-8-17/h1-3,7-10,13,15,20H,4-6,11-12,19H2. The van der Waals surface area contributed by atoms with E-state index in [-0.39, 0.29) is 4.90 Å². The van der Waals surface area contributed by atoms with E-state index in [1.807, 2.05) is 18.2 Å². The van der Waals surface area contributed by atoms with E-state index in [0.717, 1.165) is 19.3 Å². The highest BCUT2D eigenvalue weighted by atomic mass is 32.2. The number of anilines is 1. The first-order chi connectivity index (χ1) is 11.1. The number of hydrogen-bond acceptors (Lipinski definition) is 3. The van der Waals surface area contributed by atoms with E-state index in [2.05, 4.69) is 4.72 Å². The molecule has 0 bridgehead atoms. The molecule has 3 N–H and O–H groups in total. The number of hydrogen-bond donors (Lipinski definition) is 2. The fourth-order valence-electron chi connectivity index (χ4n) is 3.28. The van der Waals surface area contributed by atoms with Crippen LogP contribution in [0.2, 0.25) is 0 Å². The molecule has 4 nitrogen and oxygen atoms in total. The summed E-state index contributed by atoms with van der Waals surface area (Å²) in [6.07, 6.45) is 4.30. The molecule has 122 valence electrons. The molecule has 1 unspecified atom stereocenters. The van der Waals surface area contributed by atoms with Crippen LogP contribution < -0.4 is 10.5 Å². The van der Waals surface area contributed by atoms with Gasteiger partial charge in [0.2, 0.25) is 0 Å². The van der Waals surface area contributed by atoms with Crippen molar-refractivity contribution in [3.8, 4) is 0 Å². The lowest BCUT2D eigenvalue weighted by molar-refractivity contribution is 0.526. The van der Waals surface area contributed by atoms with E-state index < -0.39 is 10.0 Å². The van der Waals surface area contributed by atoms with Crippen molar-refractivity contribution in [2.45, 2.75) is 36.5 Å². The minimum atomic E-state index is -3.54. The van der Waals surface area contributed by atoms with Crippen LogP contribution in [0.25, 0.3) is 0 Å². The zero-order valence-corrected chi connectivity index (χ0v) is 13.9. The van der Waals surface area contributed by atoms with Crippen LogP contribution in [0.15, 0.2) is 53.4 Å². The zero-order valence-electron chi connectivity index (χ0n) is 13.0. The third kappa shape index (κ3) is 3.57. The summed E-state index contributed by atoms with van der Waals surface area (Å²) >= 11 is 0. The van der Waals surface area contributed by atoms with Crippen molar-refractivity contribution in [3.63, 3.8) is 0 Å². The van der Waals surface area contributed by atoms with Crippen LogP contribution in [0, 0.1) is 0 Å². The molecule has 0 saturated heterocycles. The highest BCUT2D eigenvalue weighted by Gasteiger charge is 2.21. The van der Waals surface area contributed by atoms with Gasteiger partial charge in [-0.3, -0.25) is 4.72 Å². The van der Waals surface area contributed by atoms with Crippen LogP contribution in [-0.2, 0) is 16.4 Å². The maximum absolute atomic E-state index is 12.4. The lowest BCUT2D eigenvalue weighted by atomic mass is 9.81. The maximum Gasteiger partial charge on any atom is 0.261 e. The molecule has 0 heterocycles. The SMILES string of the molecule is NCCC1CCCc2ccc(NS(=O)(=O)c3ccccc3)cc21. The van der Waals surface area contributed by atoms with Gasteiger partial charge in [-0.2, -0.15) is 0 Å². The topological polar surface area (TPSA) is 72.2 Å². The second-order valence-electron chi connectivity index (χ2n) is 6.00. The van der Waals surface area contributed by atoms with E-state index in [1.54, 1.807) is 30.3 Å². The van der Waals surface area contributed by atoms with Gasteiger partial charge >= 0.3 is 0 Å². The molecule has 23 heavy (non-hydrogen) atoms. The van der Waals surface area contributed by atoms with Crippen molar-refractivity contribution in [1.82, 2.24) is 0 Å². The average molecular weight is 330 g/mol. The summed E-state index contributed by atoms with van der Waals surface area (Å²) in [5.74, 6) is 0.435. The molecule has 5 heteroatoms. The Morgan fingerprint density at radius 1 is 1.13 bits per heavy atom. The Balaban J connectivity index is 1.89. The first-order valence-corrected chi connectivity index (χ1v) is 9.49. The molecule has 0 amide bonds. The summed E-state index contributed by atoms with van der Waals surface area (Å²) in [6, 6.07) is 14.3. The predicted molar refractivity (Wildman–Crippen MR) is 93.0 cm³/mol. The summed E-state index contributed by atoms with van der Waals surface area (Å²) in [4.78, 5) is 0.274. The number of rotatable bonds is 5. The highest BCUT2D eigenvalue weighted by molar-refractivity contribution is 7.92.